The lowest BCUT2D eigenvalue weighted by Crippen LogP contribution is -2.29. The van der Waals surface area contributed by atoms with E-state index in [0.29, 0.717) is 29.3 Å². The molecule has 0 spiro atoms. The van der Waals surface area contributed by atoms with Crippen molar-refractivity contribution in [3.63, 3.8) is 0 Å². The molecule has 1 unspecified atom stereocenters. The Hall–Kier alpha value is -3.88. The van der Waals surface area contributed by atoms with Gasteiger partial charge in [-0.3, -0.25) is 19.8 Å². The van der Waals surface area contributed by atoms with Crippen LogP contribution in [0.5, 0.6) is 11.5 Å². The molecule has 0 aliphatic rings. The van der Waals surface area contributed by atoms with Crippen LogP contribution in [-0.4, -0.2) is 43.7 Å². The summed E-state index contributed by atoms with van der Waals surface area (Å²) < 4.78 is 16.1. The monoisotopic (exact) mass is 455 g/mol. The Morgan fingerprint density at radius 1 is 0.970 bits per heavy atom. The number of ether oxygens (including phenoxy) is 3. The first-order chi connectivity index (χ1) is 15.9. The van der Waals surface area contributed by atoms with E-state index in [-0.39, 0.29) is 30.8 Å². The van der Waals surface area contributed by atoms with Crippen LogP contribution in [0.1, 0.15) is 27.2 Å². The zero-order valence-electron chi connectivity index (χ0n) is 19.2. The second kappa shape index (κ2) is 12.8. The van der Waals surface area contributed by atoms with Crippen molar-refractivity contribution in [1.29, 1.82) is 0 Å². The number of esters is 1. The maximum absolute atomic E-state index is 12.6. The van der Waals surface area contributed by atoms with Crippen molar-refractivity contribution in [2.24, 2.45) is 11.0 Å². The van der Waals surface area contributed by atoms with E-state index in [1.165, 1.54) is 14.0 Å². The Labute approximate surface area is 193 Å². The van der Waals surface area contributed by atoms with Gasteiger partial charge >= 0.3 is 5.97 Å². The van der Waals surface area contributed by atoms with E-state index in [0.717, 1.165) is 0 Å². The molecule has 0 radical (unpaired) electrons. The minimum Gasteiger partial charge on any atom is -0.495 e. The van der Waals surface area contributed by atoms with Gasteiger partial charge in [-0.1, -0.05) is 38.1 Å². The number of methoxy groups -OCH3 is 1. The summed E-state index contributed by atoms with van der Waals surface area (Å²) in [7, 11) is 1.48. The zero-order chi connectivity index (χ0) is 24.2. The number of hydrazone groups is 1. The number of Topliss-reactive ketones (excluding diaryl/α,β-unsaturated/α-hetero) is 1. The van der Waals surface area contributed by atoms with Crippen molar-refractivity contribution in [2.75, 3.05) is 31.1 Å². The molecule has 0 fully saturated rings. The molecule has 0 aliphatic carbocycles. The first-order valence-corrected chi connectivity index (χ1v) is 10.5. The number of hydrogen-bond acceptors (Lipinski definition) is 8. The molecule has 0 heterocycles. The maximum atomic E-state index is 12.6. The molecule has 0 saturated heterocycles. The summed E-state index contributed by atoms with van der Waals surface area (Å²) in [5.41, 5.74) is 3.24. The number of ketones is 1. The molecule has 2 rings (SSSR count). The lowest BCUT2D eigenvalue weighted by molar-refractivity contribution is -0.148. The SMILES string of the molecule is CCC(C)C(=O)OCCOc1ccccc1N/N=C(/C(C)=O)C(=O)Nc1ccccc1OC. The number of amides is 1. The highest BCUT2D eigenvalue weighted by Crippen LogP contribution is 2.25. The highest BCUT2D eigenvalue weighted by molar-refractivity contribution is 6.67. The van der Waals surface area contributed by atoms with Crippen LogP contribution in [0.3, 0.4) is 0 Å². The second-order valence-corrected chi connectivity index (χ2v) is 7.10. The van der Waals surface area contributed by atoms with Crippen LogP contribution in [-0.2, 0) is 19.1 Å². The molecule has 0 aliphatic heterocycles. The van der Waals surface area contributed by atoms with Crippen LogP contribution >= 0.6 is 0 Å². The van der Waals surface area contributed by atoms with Crippen molar-refractivity contribution in [3.05, 3.63) is 48.5 Å². The molecular formula is C24H29N3O6. The van der Waals surface area contributed by atoms with E-state index in [4.69, 9.17) is 14.2 Å². The number of benzene rings is 2. The van der Waals surface area contributed by atoms with Crippen LogP contribution < -0.4 is 20.2 Å². The van der Waals surface area contributed by atoms with Crippen LogP contribution in [0.2, 0.25) is 0 Å². The molecule has 1 amide bonds. The minimum atomic E-state index is -0.685. The molecule has 33 heavy (non-hydrogen) atoms. The van der Waals surface area contributed by atoms with Crippen LogP contribution in [0.25, 0.3) is 0 Å². The topological polar surface area (TPSA) is 115 Å². The Balaban J connectivity index is 2.05. The fraction of sp³-hybridized carbons (Fsp3) is 0.333. The first-order valence-electron chi connectivity index (χ1n) is 10.5. The molecule has 2 N–H and O–H groups in total. The highest BCUT2D eigenvalue weighted by Gasteiger charge is 2.19. The third-order valence-corrected chi connectivity index (χ3v) is 4.68. The van der Waals surface area contributed by atoms with Crippen LogP contribution in [0.15, 0.2) is 53.6 Å². The predicted molar refractivity (Wildman–Crippen MR) is 126 cm³/mol. The molecule has 1 atom stereocenters. The van der Waals surface area contributed by atoms with Gasteiger partial charge in [0.05, 0.1) is 24.4 Å². The Morgan fingerprint density at radius 3 is 2.24 bits per heavy atom. The van der Waals surface area contributed by atoms with Gasteiger partial charge in [0.2, 0.25) is 0 Å². The van der Waals surface area contributed by atoms with Gasteiger partial charge in [0, 0.05) is 6.92 Å². The minimum absolute atomic E-state index is 0.0980. The predicted octanol–water partition coefficient (Wildman–Crippen LogP) is 3.66. The summed E-state index contributed by atoms with van der Waals surface area (Å²) in [6, 6.07) is 13.7. The zero-order valence-corrected chi connectivity index (χ0v) is 19.2. The Bertz CT molecular complexity index is 1010. The van der Waals surface area contributed by atoms with Gasteiger partial charge in [-0.25, -0.2) is 0 Å². The van der Waals surface area contributed by atoms with E-state index in [1.54, 1.807) is 55.5 Å². The largest absolute Gasteiger partial charge is 0.495 e. The number of nitrogens with zero attached hydrogens (tertiary/aromatic N) is 1. The summed E-state index contributed by atoms with van der Waals surface area (Å²) in [5, 5.41) is 6.62. The average Bonchev–Trinajstić information content (AvgIpc) is 2.82. The number of rotatable bonds is 12. The summed E-state index contributed by atoms with van der Waals surface area (Å²) >= 11 is 0. The van der Waals surface area contributed by atoms with Gasteiger partial charge in [0.1, 0.15) is 24.7 Å². The number of hydrogen-bond donors (Lipinski definition) is 2. The Morgan fingerprint density at radius 2 is 1.61 bits per heavy atom. The second-order valence-electron chi connectivity index (χ2n) is 7.10. The number of para-hydroxylation sites is 4. The molecule has 0 saturated carbocycles. The van der Waals surface area contributed by atoms with E-state index >= 15 is 0 Å². The van der Waals surface area contributed by atoms with Gasteiger partial charge in [-0.15, -0.1) is 0 Å². The quantitative estimate of drug-likeness (QED) is 0.165. The highest BCUT2D eigenvalue weighted by atomic mass is 16.6. The van der Waals surface area contributed by atoms with E-state index in [1.807, 2.05) is 6.92 Å². The molecule has 2 aromatic carbocycles. The molecule has 0 aromatic heterocycles. The summed E-state index contributed by atoms with van der Waals surface area (Å²) in [5.74, 6) is -0.770. The number of nitrogens with one attached hydrogen (secondary N) is 2. The summed E-state index contributed by atoms with van der Waals surface area (Å²) in [6.07, 6.45) is 0.702. The van der Waals surface area contributed by atoms with Gasteiger partial charge in [0.15, 0.2) is 11.5 Å². The van der Waals surface area contributed by atoms with Gasteiger partial charge in [-0.2, -0.15) is 5.10 Å². The third-order valence-electron chi connectivity index (χ3n) is 4.68. The van der Waals surface area contributed by atoms with Crippen molar-refractivity contribution < 1.29 is 28.6 Å². The van der Waals surface area contributed by atoms with E-state index < -0.39 is 11.7 Å². The number of carbonyl (C=O) groups is 3. The van der Waals surface area contributed by atoms with Crippen molar-refractivity contribution >= 4 is 34.7 Å². The normalized spacial score (nSPS) is 11.8. The van der Waals surface area contributed by atoms with E-state index in [2.05, 4.69) is 15.8 Å². The first kappa shape index (κ1) is 25.4. The molecule has 176 valence electrons. The van der Waals surface area contributed by atoms with Crippen molar-refractivity contribution in [2.45, 2.75) is 27.2 Å². The number of carbonyl (C=O) groups excluding carboxylic acids is 3. The van der Waals surface area contributed by atoms with Gasteiger partial charge in [-0.05, 0) is 30.7 Å². The molecule has 0 bridgehead atoms. The fourth-order valence-corrected chi connectivity index (χ4v) is 2.62. The van der Waals surface area contributed by atoms with Gasteiger partial charge in [0.25, 0.3) is 5.91 Å². The molecular weight excluding hydrogens is 426 g/mol. The lowest BCUT2D eigenvalue weighted by Gasteiger charge is -2.13. The van der Waals surface area contributed by atoms with Gasteiger partial charge < -0.3 is 19.5 Å². The third kappa shape index (κ3) is 7.64. The van der Waals surface area contributed by atoms with Crippen LogP contribution in [0, 0.1) is 5.92 Å². The summed E-state index contributed by atoms with van der Waals surface area (Å²) in [6.45, 7) is 5.20. The molecule has 9 nitrogen and oxygen atoms in total. The van der Waals surface area contributed by atoms with E-state index in [9.17, 15) is 14.4 Å². The van der Waals surface area contributed by atoms with Crippen molar-refractivity contribution in [1.82, 2.24) is 0 Å². The smallest absolute Gasteiger partial charge is 0.308 e. The van der Waals surface area contributed by atoms with Crippen LogP contribution in [0.4, 0.5) is 11.4 Å². The number of anilines is 2. The molecule has 2 aromatic rings. The molecule has 9 heteroatoms. The summed E-state index contributed by atoms with van der Waals surface area (Å²) in [4.78, 5) is 36.4. The maximum Gasteiger partial charge on any atom is 0.308 e. The standard InChI is InChI=1S/C24H29N3O6/c1-5-16(2)24(30)33-15-14-32-21-13-9-7-11-19(21)26-27-22(17(3)28)23(29)25-18-10-6-8-12-20(18)31-4/h6-13,16,26H,5,14-15H2,1-4H3,(H,25,29)/b27-22-. The Kier molecular flexibility index (Phi) is 9.88. The lowest BCUT2D eigenvalue weighted by atomic mass is 10.1. The fourth-order valence-electron chi connectivity index (χ4n) is 2.62. The van der Waals surface area contributed by atoms with Crippen molar-refractivity contribution in [3.8, 4) is 11.5 Å². The average molecular weight is 456 g/mol.